The van der Waals surface area contributed by atoms with E-state index < -0.39 is 20.3 Å². The van der Waals surface area contributed by atoms with Crippen LogP contribution in [0.2, 0.25) is 0 Å². The topological polar surface area (TPSA) is 87.1 Å². The van der Waals surface area contributed by atoms with Crippen molar-refractivity contribution in [1.82, 2.24) is 5.06 Å². The van der Waals surface area contributed by atoms with Crippen LogP contribution in [0, 0.1) is 0 Å². The quantitative estimate of drug-likeness (QED) is 0.478. The molecule has 0 aromatic rings. The summed E-state index contributed by atoms with van der Waals surface area (Å²) in [5.74, 6) is -0.654. The number of rotatable bonds is 2. The van der Waals surface area contributed by atoms with Gasteiger partial charge in [0.2, 0.25) is 0 Å². The number of carbonyl (C=O) groups is 1. The van der Waals surface area contributed by atoms with Gasteiger partial charge in [0.25, 0.3) is 5.91 Å². The molecule has 0 spiro atoms. The Labute approximate surface area is 69.6 Å². The maximum atomic E-state index is 11.0. The Kier molecular flexibility index (Phi) is 3.11. The van der Waals surface area contributed by atoms with Gasteiger partial charge in [0, 0.05) is 11.1 Å². The Morgan fingerprint density at radius 2 is 2.33 bits per heavy atom. The molecule has 1 heterocycles. The van der Waals surface area contributed by atoms with E-state index in [1.54, 1.807) is 0 Å². The molecule has 1 aliphatic heterocycles. The van der Waals surface area contributed by atoms with Gasteiger partial charge in [-0.2, -0.15) is 0 Å². The number of carbonyl (C=O) groups excluding carboxylic acids is 1. The maximum Gasteiger partial charge on any atom is 0.695 e. The van der Waals surface area contributed by atoms with E-state index in [0.717, 1.165) is 0 Å². The molecule has 6 nitrogen and oxygen atoms in total. The highest BCUT2D eigenvalue weighted by Gasteiger charge is 2.35. The average molecular weight is 194 g/mol. The zero-order chi connectivity index (χ0) is 9.14. The van der Waals surface area contributed by atoms with Gasteiger partial charge in [0.15, 0.2) is 6.10 Å². The summed E-state index contributed by atoms with van der Waals surface area (Å²) in [6.07, 6.45) is -0.0366. The van der Waals surface area contributed by atoms with Crippen molar-refractivity contribution in [1.29, 1.82) is 0 Å². The number of piperidine rings is 1. The van der Waals surface area contributed by atoms with Gasteiger partial charge < -0.3 is 0 Å². The Balaban J connectivity index is 2.52. The molecule has 1 saturated heterocycles. The molecular formula is C5H9NO5P+. The first-order valence-corrected chi connectivity index (χ1v) is 4.57. The molecule has 12 heavy (non-hydrogen) atoms. The first-order chi connectivity index (χ1) is 5.61. The Morgan fingerprint density at radius 1 is 1.67 bits per heavy atom. The summed E-state index contributed by atoms with van der Waals surface area (Å²) in [6.45, 7) is 0.251. The van der Waals surface area contributed by atoms with Gasteiger partial charge >= 0.3 is 8.25 Å². The van der Waals surface area contributed by atoms with E-state index in [0.29, 0.717) is 17.9 Å². The first-order valence-electron chi connectivity index (χ1n) is 3.44. The molecule has 2 atom stereocenters. The lowest BCUT2D eigenvalue weighted by atomic mass is 10.1. The summed E-state index contributed by atoms with van der Waals surface area (Å²) < 4.78 is 14.6. The van der Waals surface area contributed by atoms with Crippen LogP contribution >= 0.6 is 8.25 Å². The standard InChI is InChI=1S/C5H8NO5P/c7-5-4(11-12(9)10)2-1-3-6(5)8/h4,8H,1-3H2/p+1. The molecule has 1 aliphatic rings. The van der Waals surface area contributed by atoms with Crippen LogP contribution in [-0.4, -0.2) is 33.7 Å². The third-order valence-corrected chi connectivity index (χ3v) is 2.02. The molecule has 1 rings (SSSR count). The highest BCUT2D eigenvalue weighted by Crippen LogP contribution is 2.24. The summed E-state index contributed by atoms with van der Waals surface area (Å²) in [5, 5.41) is 9.40. The van der Waals surface area contributed by atoms with Crippen molar-refractivity contribution in [2.75, 3.05) is 6.54 Å². The molecule has 0 aromatic carbocycles. The summed E-state index contributed by atoms with van der Waals surface area (Å²) >= 11 is 0. The van der Waals surface area contributed by atoms with Crippen LogP contribution in [0.5, 0.6) is 0 Å². The van der Waals surface area contributed by atoms with Crippen molar-refractivity contribution in [3.63, 3.8) is 0 Å². The van der Waals surface area contributed by atoms with E-state index in [1.807, 2.05) is 0 Å². The fraction of sp³-hybridized carbons (Fsp3) is 0.800. The minimum Gasteiger partial charge on any atom is -0.286 e. The van der Waals surface area contributed by atoms with Gasteiger partial charge in [-0.05, 0) is 12.8 Å². The predicted molar refractivity (Wildman–Crippen MR) is 37.4 cm³/mol. The van der Waals surface area contributed by atoms with Gasteiger partial charge in [0.05, 0.1) is 0 Å². The third-order valence-electron chi connectivity index (χ3n) is 1.58. The summed E-state index contributed by atoms with van der Waals surface area (Å²) in [7, 11) is -2.78. The van der Waals surface area contributed by atoms with Crippen LogP contribution in [0.25, 0.3) is 0 Å². The minimum absolute atomic E-state index is 0.251. The van der Waals surface area contributed by atoms with Crippen LogP contribution in [0.4, 0.5) is 0 Å². The molecule has 1 fully saturated rings. The predicted octanol–water partition coefficient (Wildman–Crippen LogP) is 0.0329. The van der Waals surface area contributed by atoms with Gasteiger partial charge in [0.1, 0.15) is 0 Å². The summed E-state index contributed by atoms with van der Waals surface area (Å²) in [5.41, 5.74) is 0. The van der Waals surface area contributed by atoms with E-state index in [4.69, 9.17) is 10.1 Å². The second-order valence-electron chi connectivity index (χ2n) is 2.44. The van der Waals surface area contributed by atoms with E-state index in [9.17, 15) is 9.36 Å². The number of hydroxylamine groups is 2. The zero-order valence-electron chi connectivity index (χ0n) is 6.21. The van der Waals surface area contributed by atoms with Crippen molar-refractivity contribution in [3.8, 4) is 0 Å². The third kappa shape index (κ3) is 2.22. The molecule has 0 radical (unpaired) electrons. The van der Waals surface area contributed by atoms with Crippen LogP contribution < -0.4 is 0 Å². The largest absolute Gasteiger partial charge is 0.695 e. The van der Waals surface area contributed by atoms with Gasteiger partial charge in [-0.15, -0.1) is 9.42 Å². The fourth-order valence-electron chi connectivity index (χ4n) is 1.03. The number of hydrogen-bond acceptors (Lipinski definition) is 4. The molecule has 1 amide bonds. The monoisotopic (exact) mass is 194 g/mol. The molecular weight excluding hydrogens is 185 g/mol. The Hall–Kier alpha value is -0.550. The molecule has 7 heteroatoms. The van der Waals surface area contributed by atoms with Crippen LogP contribution in [-0.2, 0) is 13.9 Å². The number of hydrogen-bond donors (Lipinski definition) is 2. The lowest BCUT2D eigenvalue weighted by Gasteiger charge is -2.23. The summed E-state index contributed by atoms with van der Waals surface area (Å²) in [4.78, 5) is 19.3. The second kappa shape index (κ2) is 3.91. The van der Waals surface area contributed by atoms with Crippen molar-refractivity contribution < 1.29 is 24.0 Å². The normalized spacial score (nSPS) is 25.8. The molecule has 0 aliphatic carbocycles. The lowest BCUT2D eigenvalue weighted by molar-refractivity contribution is -0.179. The van der Waals surface area contributed by atoms with Crippen molar-refractivity contribution in [3.05, 3.63) is 0 Å². The molecule has 2 unspecified atom stereocenters. The molecule has 0 aromatic heterocycles. The van der Waals surface area contributed by atoms with Crippen LogP contribution in [0.1, 0.15) is 12.8 Å². The van der Waals surface area contributed by atoms with Crippen molar-refractivity contribution in [2.24, 2.45) is 0 Å². The van der Waals surface area contributed by atoms with Gasteiger partial charge in [-0.1, -0.05) is 0 Å². The second-order valence-corrected chi connectivity index (χ2v) is 3.12. The first kappa shape index (κ1) is 9.54. The fourth-order valence-corrected chi connectivity index (χ4v) is 1.45. The van der Waals surface area contributed by atoms with Crippen LogP contribution in [0.15, 0.2) is 0 Å². The van der Waals surface area contributed by atoms with E-state index in [1.165, 1.54) is 0 Å². The Bertz CT molecular complexity index is 208. The number of nitrogens with zero attached hydrogens (tertiary/aromatic N) is 1. The summed E-state index contributed by atoms with van der Waals surface area (Å²) in [6, 6.07) is 0. The molecule has 68 valence electrons. The average Bonchev–Trinajstić information content (AvgIpc) is 1.98. The van der Waals surface area contributed by atoms with Gasteiger partial charge in [-0.3, -0.25) is 10.0 Å². The molecule has 0 bridgehead atoms. The zero-order valence-corrected chi connectivity index (χ0v) is 7.11. The highest BCUT2D eigenvalue weighted by molar-refractivity contribution is 7.32. The SMILES string of the molecule is O=C1C(O[P+](=O)O)CCCN1O. The lowest BCUT2D eigenvalue weighted by Crippen LogP contribution is -2.42. The smallest absolute Gasteiger partial charge is 0.286 e. The van der Waals surface area contributed by atoms with Crippen LogP contribution in [0.3, 0.4) is 0 Å². The minimum atomic E-state index is -2.78. The molecule has 0 saturated carbocycles. The van der Waals surface area contributed by atoms with Crippen molar-refractivity contribution >= 4 is 14.2 Å². The van der Waals surface area contributed by atoms with E-state index >= 15 is 0 Å². The maximum absolute atomic E-state index is 11.0. The van der Waals surface area contributed by atoms with E-state index in [-0.39, 0.29) is 6.54 Å². The van der Waals surface area contributed by atoms with Crippen molar-refractivity contribution in [2.45, 2.75) is 18.9 Å². The van der Waals surface area contributed by atoms with Gasteiger partial charge in [-0.25, -0.2) is 5.06 Å². The Morgan fingerprint density at radius 3 is 2.92 bits per heavy atom. The highest BCUT2D eigenvalue weighted by atomic mass is 31.1. The van der Waals surface area contributed by atoms with E-state index in [2.05, 4.69) is 4.52 Å². The molecule has 2 N–H and O–H groups in total. The number of amides is 1.